The lowest BCUT2D eigenvalue weighted by molar-refractivity contribution is -0.181. The van der Waals surface area contributed by atoms with Crippen molar-refractivity contribution < 1.29 is 67.4 Å². The summed E-state index contributed by atoms with van der Waals surface area (Å²) in [5.41, 5.74) is 2.68. The van der Waals surface area contributed by atoms with Gasteiger partial charge < -0.3 is 54.4 Å². The number of hydrogen-bond acceptors (Lipinski definition) is 15. The van der Waals surface area contributed by atoms with Gasteiger partial charge in [0.2, 0.25) is 18.0 Å². The van der Waals surface area contributed by atoms with Gasteiger partial charge in [0.15, 0.2) is 24.0 Å². The Bertz CT molecular complexity index is 2500. The van der Waals surface area contributed by atoms with Gasteiger partial charge in [-0.15, -0.1) is 0 Å². The number of hydrogen-bond donors (Lipinski definition) is 4. The van der Waals surface area contributed by atoms with E-state index in [1.54, 1.807) is 28.5 Å². The van der Waals surface area contributed by atoms with Gasteiger partial charge in [-0.25, -0.2) is 14.0 Å². The lowest BCUT2D eigenvalue weighted by atomic mass is 9.46. The van der Waals surface area contributed by atoms with E-state index in [0.717, 1.165) is 24.5 Å². The number of Topliss-reactive ketones (excluding diaryl/α,β-unsaturated/α-hetero) is 1. The van der Waals surface area contributed by atoms with E-state index in [1.165, 1.54) is 18.2 Å². The maximum Gasteiger partial charge on any atom is 0.413 e. The van der Waals surface area contributed by atoms with E-state index < -0.39 is 94.6 Å². The number of aliphatic hydroxyl groups excluding tert-OH is 1. The molecule has 9 atom stereocenters. The molecule has 18 nitrogen and oxygen atoms in total. The first-order chi connectivity index (χ1) is 31.2. The summed E-state index contributed by atoms with van der Waals surface area (Å²) in [5.74, 6) is -4.98. The van der Waals surface area contributed by atoms with Gasteiger partial charge in [0.1, 0.15) is 22.9 Å². The van der Waals surface area contributed by atoms with Crippen molar-refractivity contribution in [2.24, 2.45) is 34.3 Å². The standard InChI is InChI=1S/C47H57FN4O14/c1-24-20-50(39-32(48)18-29-38(41(39)63-4)52(26-6-7-26)21-30(40(29)57)42(58)59)15-16-51(24)44(61)66-23-65-36(56)10-9-33(49)43(60)64-22-35(55)47(62)14-12-31-28-8-5-25-17-27(53)11-13-45(25,2)37(28)34(54)19-46(31,47)3/h11,13,17-18,21,24,26,28,31,33-34,37,54,62H,5-10,12,14-16,19-20,22-23,49H2,1-4H3,(H,58,59)/t24?,28?,31?,33?,34-,37?,45-,46-,47-/m0/s1. The highest BCUT2D eigenvalue weighted by Crippen LogP contribution is 2.67. The van der Waals surface area contributed by atoms with E-state index in [4.69, 9.17) is 24.7 Å². The fraction of sp³-hybridized carbons (Fsp3) is 0.596. The predicted octanol–water partition coefficient (Wildman–Crippen LogP) is 3.56. The van der Waals surface area contributed by atoms with Crippen LogP contribution in [0.3, 0.4) is 0 Å². The number of pyridine rings is 1. The number of esters is 2. The highest BCUT2D eigenvalue weighted by molar-refractivity contribution is 6.01. The Labute approximate surface area is 379 Å². The van der Waals surface area contributed by atoms with Gasteiger partial charge in [-0.1, -0.05) is 25.5 Å². The van der Waals surface area contributed by atoms with Gasteiger partial charge in [-0.3, -0.25) is 24.0 Å². The maximum atomic E-state index is 15.9. The predicted molar refractivity (Wildman–Crippen MR) is 232 cm³/mol. The summed E-state index contributed by atoms with van der Waals surface area (Å²) in [4.78, 5) is 92.2. The molecular weight excluding hydrogens is 864 g/mol. The Balaban J connectivity index is 0.793. The molecule has 1 amide bonds. The minimum absolute atomic E-state index is 0.00488. The minimum Gasteiger partial charge on any atom is -0.492 e. The molecule has 356 valence electrons. The highest BCUT2D eigenvalue weighted by Gasteiger charge is 2.68. The number of carbonyl (C=O) groups is 6. The highest BCUT2D eigenvalue weighted by atomic mass is 19.1. The van der Waals surface area contributed by atoms with E-state index >= 15 is 4.39 Å². The van der Waals surface area contributed by atoms with Gasteiger partial charge >= 0.3 is 24.0 Å². The molecule has 0 bridgehead atoms. The molecule has 1 aliphatic heterocycles. The second-order valence-corrected chi connectivity index (χ2v) is 19.3. The Kier molecular flexibility index (Phi) is 12.4. The molecule has 5 unspecified atom stereocenters. The van der Waals surface area contributed by atoms with Gasteiger partial charge in [0.05, 0.1) is 24.1 Å². The Morgan fingerprint density at radius 3 is 2.47 bits per heavy atom. The maximum absolute atomic E-state index is 15.9. The largest absolute Gasteiger partial charge is 0.492 e. The Morgan fingerprint density at radius 1 is 1.05 bits per heavy atom. The van der Waals surface area contributed by atoms with Crippen LogP contribution in [0.25, 0.3) is 10.9 Å². The van der Waals surface area contributed by atoms with Crippen molar-refractivity contribution in [1.29, 1.82) is 0 Å². The SMILES string of the molecule is COc1c(N2CCN(C(=O)OCOC(=O)CCC(N)C(=O)OCC(=O)[C@@]3(O)CCC4C5CCC6=CC(=O)C=C[C@]6(C)C5[C@@H](O)C[C@@]43C)C(C)C2)c(F)cc2c(=O)c(C(=O)O)cn(C3CC3)c12. The van der Waals surface area contributed by atoms with Crippen molar-refractivity contribution in [2.75, 3.05) is 45.0 Å². The number of aromatic carboxylic acids is 1. The molecule has 19 heteroatoms. The number of methoxy groups -OCH3 is 1. The first-order valence-corrected chi connectivity index (χ1v) is 22.6. The third-order valence-electron chi connectivity index (χ3n) is 15.6. The molecule has 2 aromatic rings. The average Bonchev–Trinajstić information content (AvgIpc) is 4.08. The number of rotatable bonds is 13. The van der Waals surface area contributed by atoms with Gasteiger partial charge in [-0.05, 0) is 88.3 Å². The second-order valence-electron chi connectivity index (χ2n) is 19.3. The summed E-state index contributed by atoms with van der Waals surface area (Å²) >= 11 is 0. The van der Waals surface area contributed by atoms with Crippen molar-refractivity contribution in [1.82, 2.24) is 9.47 Å². The second kappa shape index (κ2) is 17.5. The summed E-state index contributed by atoms with van der Waals surface area (Å²) in [6, 6.07) is -0.909. The Hall–Kier alpha value is -5.66. The van der Waals surface area contributed by atoms with Crippen LogP contribution in [0.4, 0.5) is 14.9 Å². The number of anilines is 1. The minimum atomic E-state index is -1.86. The number of ether oxygens (including phenoxy) is 4. The van der Waals surface area contributed by atoms with E-state index in [0.29, 0.717) is 19.3 Å². The zero-order valence-electron chi connectivity index (χ0n) is 37.5. The van der Waals surface area contributed by atoms with Gasteiger partial charge in [0, 0.05) is 61.1 Å². The zero-order chi connectivity index (χ0) is 47.6. The number of nitrogens with two attached hydrogens (primary N) is 1. The number of carbonyl (C=O) groups excluding carboxylic acids is 5. The van der Waals surface area contributed by atoms with Crippen molar-refractivity contribution in [3.05, 3.63) is 57.7 Å². The van der Waals surface area contributed by atoms with Crippen LogP contribution in [0.5, 0.6) is 5.75 Å². The Morgan fingerprint density at radius 2 is 1.79 bits per heavy atom. The van der Waals surface area contributed by atoms with E-state index in [2.05, 4.69) is 0 Å². The van der Waals surface area contributed by atoms with Crippen LogP contribution in [0.15, 0.2) is 40.9 Å². The zero-order valence-corrected chi connectivity index (χ0v) is 37.5. The molecule has 4 saturated carbocycles. The van der Waals surface area contributed by atoms with Crippen LogP contribution in [-0.2, 0) is 33.4 Å². The van der Waals surface area contributed by atoms with E-state index in [-0.39, 0.29) is 97.2 Å². The molecule has 0 radical (unpaired) electrons. The number of fused-ring (bicyclic) bond motifs is 6. The van der Waals surface area contributed by atoms with Crippen LogP contribution in [0.1, 0.15) is 95.0 Å². The monoisotopic (exact) mass is 920 g/mol. The molecule has 5 fully saturated rings. The summed E-state index contributed by atoms with van der Waals surface area (Å²) in [7, 11) is 1.34. The quantitative estimate of drug-likeness (QED) is 0.166. The topological polar surface area (TPSA) is 255 Å². The molecule has 5 aliphatic carbocycles. The molecule has 1 aromatic heterocycles. The van der Waals surface area contributed by atoms with E-state index in [9.17, 15) is 48.9 Å². The first-order valence-electron chi connectivity index (χ1n) is 22.6. The number of carboxylic acid groups (broad SMARTS) is 1. The molecule has 1 aromatic carbocycles. The normalized spacial score (nSPS) is 30.7. The molecule has 5 N–H and O–H groups in total. The van der Waals surface area contributed by atoms with Gasteiger partial charge in [0.25, 0.3) is 0 Å². The fourth-order valence-corrected chi connectivity index (χ4v) is 12.0. The molecule has 6 aliphatic rings. The van der Waals surface area contributed by atoms with Crippen LogP contribution in [0, 0.1) is 34.4 Å². The van der Waals surface area contributed by atoms with Crippen molar-refractivity contribution in [3.8, 4) is 5.75 Å². The smallest absolute Gasteiger partial charge is 0.413 e. The van der Waals surface area contributed by atoms with Crippen molar-refractivity contribution in [2.45, 2.75) is 108 Å². The number of benzene rings is 1. The van der Waals surface area contributed by atoms with Crippen molar-refractivity contribution >= 4 is 52.2 Å². The molecule has 1 saturated heterocycles. The van der Waals surface area contributed by atoms with Crippen LogP contribution in [0.2, 0.25) is 0 Å². The number of piperazine rings is 1. The number of allylic oxidation sites excluding steroid dienone is 4. The van der Waals surface area contributed by atoms with Gasteiger partial charge in [-0.2, -0.15) is 0 Å². The number of aromatic nitrogens is 1. The number of carboxylic acids is 1. The summed E-state index contributed by atoms with van der Waals surface area (Å²) in [5, 5.41) is 33.1. The lowest BCUT2D eigenvalue weighted by Gasteiger charge is -2.59. The lowest BCUT2D eigenvalue weighted by Crippen LogP contribution is -2.61. The molecule has 66 heavy (non-hydrogen) atoms. The summed E-state index contributed by atoms with van der Waals surface area (Å²) in [6.07, 6.45) is 7.85. The molecule has 0 spiro atoms. The van der Waals surface area contributed by atoms with E-state index in [1.807, 2.05) is 19.9 Å². The molecular formula is C47H57FN4O14. The average molecular weight is 921 g/mol. The van der Waals surface area contributed by atoms with Crippen LogP contribution >= 0.6 is 0 Å². The number of nitrogens with zero attached hydrogens (tertiary/aromatic N) is 3. The third kappa shape index (κ3) is 7.95. The number of halogens is 1. The molecule has 8 rings (SSSR count). The number of aliphatic hydroxyl groups is 2. The van der Waals surface area contributed by atoms with Crippen LogP contribution < -0.4 is 20.8 Å². The number of ketones is 2. The van der Waals surface area contributed by atoms with Crippen molar-refractivity contribution in [3.63, 3.8) is 0 Å². The molecule has 2 heterocycles. The summed E-state index contributed by atoms with van der Waals surface area (Å²) in [6.45, 7) is 4.39. The fourth-order valence-electron chi connectivity index (χ4n) is 12.0. The number of amides is 1. The summed E-state index contributed by atoms with van der Waals surface area (Å²) < 4.78 is 38.7. The first kappa shape index (κ1) is 46.9. The third-order valence-corrected chi connectivity index (χ3v) is 15.6. The van der Waals surface area contributed by atoms with Crippen LogP contribution in [-0.4, -0.2) is 124 Å².